The number of nitrogens with zero attached hydrogens (tertiary/aromatic N) is 1. The quantitative estimate of drug-likeness (QED) is 0.688. The van der Waals surface area contributed by atoms with Crippen LogP contribution in [0.3, 0.4) is 0 Å². The summed E-state index contributed by atoms with van der Waals surface area (Å²) in [5.41, 5.74) is 0. The van der Waals surface area contributed by atoms with Crippen LogP contribution in [-0.4, -0.2) is 55.3 Å². The minimum absolute atomic E-state index is 0.0204. The van der Waals surface area contributed by atoms with E-state index in [2.05, 4.69) is 5.32 Å². The third-order valence-electron chi connectivity index (χ3n) is 3.55. The van der Waals surface area contributed by atoms with E-state index >= 15 is 0 Å². The minimum Gasteiger partial charge on any atom is -0.303 e. The molecule has 0 radical (unpaired) electrons. The number of hydrogen-bond acceptors (Lipinski definition) is 5. The van der Waals surface area contributed by atoms with Gasteiger partial charge in [0.2, 0.25) is 11.8 Å². The van der Waals surface area contributed by atoms with Gasteiger partial charge in [0.05, 0.1) is 24.0 Å². The van der Waals surface area contributed by atoms with E-state index in [1.165, 1.54) is 4.90 Å². The van der Waals surface area contributed by atoms with Crippen LogP contribution < -0.4 is 5.32 Å². The molecule has 0 aliphatic carbocycles. The summed E-state index contributed by atoms with van der Waals surface area (Å²) in [4.78, 5) is 24.7. The van der Waals surface area contributed by atoms with Gasteiger partial charge in [-0.3, -0.25) is 14.5 Å². The van der Waals surface area contributed by atoms with Gasteiger partial charge in [-0.25, -0.2) is 8.42 Å². The fourth-order valence-electron chi connectivity index (χ4n) is 2.49. The van der Waals surface area contributed by atoms with Crippen LogP contribution in [0.15, 0.2) is 0 Å². The van der Waals surface area contributed by atoms with Gasteiger partial charge in [0, 0.05) is 12.6 Å². The van der Waals surface area contributed by atoms with E-state index in [-0.39, 0.29) is 35.8 Å². The second kappa shape index (κ2) is 4.97. The first kappa shape index (κ1) is 13.5. The highest BCUT2D eigenvalue weighted by Crippen LogP contribution is 2.17. The number of likely N-dealkylation sites (N-methyl/N-ethyl adjacent to an activating group) is 1. The first-order valence-electron chi connectivity index (χ1n) is 6.23. The van der Waals surface area contributed by atoms with Crippen LogP contribution in [0.25, 0.3) is 0 Å². The molecular weight excluding hydrogens is 256 g/mol. The molecule has 6 nitrogen and oxygen atoms in total. The Morgan fingerprint density at radius 2 is 1.89 bits per heavy atom. The highest BCUT2D eigenvalue weighted by Gasteiger charge is 2.39. The lowest BCUT2D eigenvalue weighted by Gasteiger charge is -2.25. The molecule has 2 aliphatic rings. The third-order valence-corrected chi connectivity index (χ3v) is 5.27. The minimum atomic E-state index is -2.89. The molecule has 2 amide bonds. The summed E-state index contributed by atoms with van der Waals surface area (Å²) in [5, 5.41) is 3.12. The fraction of sp³-hybridized carbons (Fsp3) is 0.818. The molecule has 2 heterocycles. The molecule has 7 heteroatoms. The Kier molecular flexibility index (Phi) is 3.72. The SMILES string of the molecule is CCN1C(=O)CC(NC2CCS(=O)(=O)CC2)C1=O. The normalized spacial score (nSPS) is 28.9. The van der Waals surface area contributed by atoms with Gasteiger partial charge in [-0.05, 0) is 19.8 Å². The van der Waals surface area contributed by atoms with Crippen molar-refractivity contribution in [2.75, 3.05) is 18.1 Å². The van der Waals surface area contributed by atoms with E-state index < -0.39 is 15.9 Å². The van der Waals surface area contributed by atoms with Crippen LogP contribution in [0.2, 0.25) is 0 Å². The summed E-state index contributed by atoms with van der Waals surface area (Å²) in [6.45, 7) is 2.17. The number of likely N-dealkylation sites (tertiary alicyclic amines) is 1. The number of rotatable bonds is 3. The zero-order valence-electron chi connectivity index (χ0n) is 10.4. The van der Waals surface area contributed by atoms with E-state index in [4.69, 9.17) is 0 Å². The van der Waals surface area contributed by atoms with Crippen molar-refractivity contribution in [1.82, 2.24) is 10.2 Å². The first-order chi connectivity index (χ1) is 8.43. The molecule has 1 unspecified atom stereocenters. The molecule has 2 fully saturated rings. The molecule has 0 saturated carbocycles. The van der Waals surface area contributed by atoms with Crippen molar-refractivity contribution in [2.24, 2.45) is 0 Å². The molecule has 0 bridgehead atoms. The number of imide groups is 1. The Bertz CT molecular complexity index is 446. The van der Waals surface area contributed by atoms with Crippen molar-refractivity contribution in [2.45, 2.75) is 38.3 Å². The zero-order valence-corrected chi connectivity index (χ0v) is 11.2. The average Bonchev–Trinajstić information content (AvgIpc) is 2.57. The smallest absolute Gasteiger partial charge is 0.246 e. The van der Waals surface area contributed by atoms with Gasteiger partial charge in [0.15, 0.2) is 0 Å². The number of amides is 2. The molecule has 102 valence electrons. The van der Waals surface area contributed by atoms with Crippen LogP contribution in [0.5, 0.6) is 0 Å². The molecule has 18 heavy (non-hydrogen) atoms. The first-order valence-corrected chi connectivity index (χ1v) is 8.06. The van der Waals surface area contributed by atoms with Gasteiger partial charge in [0.25, 0.3) is 0 Å². The molecule has 0 aromatic rings. The molecule has 1 N–H and O–H groups in total. The predicted octanol–water partition coefficient (Wildman–Crippen LogP) is -0.699. The van der Waals surface area contributed by atoms with Crippen LogP contribution in [0.4, 0.5) is 0 Å². The number of carbonyl (C=O) groups is 2. The molecule has 0 aromatic carbocycles. The Labute approximate surface area is 107 Å². The molecule has 2 rings (SSSR count). The Morgan fingerprint density at radius 3 is 2.39 bits per heavy atom. The fourth-order valence-corrected chi connectivity index (χ4v) is 3.98. The van der Waals surface area contributed by atoms with Gasteiger partial charge < -0.3 is 5.32 Å². The van der Waals surface area contributed by atoms with E-state index in [0.29, 0.717) is 19.4 Å². The van der Waals surface area contributed by atoms with E-state index in [9.17, 15) is 18.0 Å². The number of carbonyl (C=O) groups excluding carboxylic acids is 2. The number of nitrogens with one attached hydrogen (secondary N) is 1. The molecular formula is C11H18N2O4S. The van der Waals surface area contributed by atoms with Crippen LogP contribution in [0, 0.1) is 0 Å². The maximum absolute atomic E-state index is 11.9. The lowest BCUT2D eigenvalue weighted by molar-refractivity contribution is -0.138. The van der Waals surface area contributed by atoms with Crippen LogP contribution in [-0.2, 0) is 19.4 Å². The monoisotopic (exact) mass is 274 g/mol. The van der Waals surface area contributed by atoms with E-state index in [1.807, 2.05) is 0 Å². The predicted molar refractivity (Wildman–Crippen MR) is 65.6 cm³/mol. The Hall–Kier alpha value is -0.950. The molecule has 2 saturated heterocycles. The lowest BCUT2D eigenvalue weighted by Crippen LogP contribution is -2.46. The second-order valence-electron chi connectivity index (χ2n) is 4.83. The maximum atomic E-state index is 11.9. The highest BCUT2D eigenvalue weighted by molar-refractivity contribution is 7.91. The van der Waals surface area contributed by atoms with Crippen molar-refractivity contribution in [3.63, 3.8) is 0 Å². The second-order valence-corrected chi connectivity index (χ2v) is 7.13. The van der Waals surface area contributed by atoms with Crippen molar-refractivity contribution in [3.05, 3.63) is 0 Å². The summed E-state index contributed by atoms with van der Waals surface area (Å²) >= 11 is 0. The standard InChI is InChI=1S/C11H18N2O4S/c1-2-13-10(14)7-9(11(13)15)12-8-3-5-18(16,17)6-4-8/h8-9,12H,2-7H2,1H3. The van der Waals surface area contributed by atoms with Crippen LogP contribution in [0.1, 0.15) is 26.2 Å². The lowest BCUT2D eigenvalue weighted by atomic mass is 10.1. The third kappa shape index (κ3) is 2.72. The summed E-state index contributed by atoms with van der Waals surface area (Å²) < 4.78 is 22.6. The van der Waals surface area contributed by atoms with Gasteiger partial charge in [-0.15, -0.1) is 0 Å². The summed E-state index contributed by atoms with van der Waals surface area (Å²) in [7, 11) is -2.89. The van der Waals surface area contributed by atoms with Crippen molar-refractivity contribution < 1.29 is 18.0 Å². The highest BCUT2D eigenvalue weighted by atomic mass is 32.2. The van der Waals surface area contributed by atoms with Crippen molar-refractivity contribution >= 4 is 21.7 Å². The molecule has 1 atom stereocenters. The Balaban J connectivity index is 1.92. The number of hydrogen-bond donors (Lipinski definition) is 1. The van der Waals surface area contributed by atoms with Crippen molar-refractivity contribution in [1.29, 1.82) is 0 Å². The van der Waals surface area contributed by atoms with Crippen LogP contribution >= 0.6 is 0 Å². The largest absolute Gasteiger partial charge is 0.303 e. The van der Waals surface area contributed by atoms with Gasteiger partial charge >= 0.3 is 0 Å². The van der Waals surface area contributed by atoms with Crippen molar-refractivity contribution in [3.8, 4) is 0 Å². The van der Waals surface area contributed by atoms with Gasteiger partial charge in [-0.2, -0.15) is 0 Å². The summed E-state index contributed by atoms with van der Waals surface area (Å²) in [5.74, 6) is -0.00651. The van der Waals surface area contributed by atoms with E-state index in [1.54, 1.807) is 6.92 Å². The molecule has 0 spiro atoms. The number of sulfone groups is 1. The molecule has 2 aliphatic heterocycles. The van der Waals surface area contributed by atoms with Gasteiger partial charge in [-0.1, -0.05) is 0 Å². The zero-order chi connectivity index (χ0) is 13.3. The summed E-state index contributed by atoms with van der Waals surface area (Å²) in [6.07, 6.45) is 1.23. The average molecular weight is 274 g/mol. The van der Waals surface area contributed by atoms with Gasteiger partial charge in [0.1, 0.15) is 9.84 Å². The Morgan fingerprint density at radius 1 is 1.28 bits per heavy atom. The summed E-state index contributed by atoms with van der Waals surface area (Å²) in [6, 6.07) is -0.449. The topological polar surface area (TPSA) is 83.6 Å². The maximum Gasteiger partial charge on any atom is 0.246 e. The molecule has 0 aromatic heterocycles. The van der Waals surface area contributed by atoms with E-state index in [0.717, 1.165) is 0 Å².